The number of amides is 2. The second-order valence-electron chi connectivity index (χ2n) is 6.20. The van der Waals surface area contributed by atoms with Crippen molar-refractivity contribution in [2.75, 3.05) is 26.7 Å². The Morgan fingerprint density at radius 1 is 1.42 bits per heavy atom. The van der Waals surface area contributed by atoms with Gasteiger partial charge in [0.1, 0.15) is 0 Å². The van der Waals surface area contributed by atoms with E-state index >= 15 is 0 Å². The van der Waals surface area contributed by atoms with Crippen molar-refractivity contribution in [3.63, 3.8) is 0 Å². The van der Waals surface area contributed by atoms with Gasteiger partial charge in [0.25, 0.3) is 0 Å². The third-order valence-corrected chi connectivity index (χ3v) is 4.49. The molecule has 2 heterocycles. The molecule has 1 aliphatic rings. The second kappa shape index (κ2) is 8.70. The highest BCUT2D eigenvalue weighted by Gasteiger charge is 2.29. The van der Waals surface area contributed by atoms with Gasteiger partial charge < -0.3 is 14.5 Å². The fraction of sp³-hybridized carbons (Fsp3) is 0.706. The molecule has 7 heteroatoms. The molecule has 24 heavy (non-hydrogen) atoms. The molecule has 1 aliphatic heterocycles. The van der Waals surface area contributed by atoms with E-state index in [1.54, 1.807) is 20.2 Å². The van der Waals surface area contributed by atoms with Gasteiger partial charge in [-0.25, -0.2) is 4.79 Å². The van der Waals surface area contributed by atoms with Gasteiger partial charge in [-0.05, 0) is 38.7 Å². The van der Waals surface area contributed by atoms with E-state index in [0.717, 1.165) is 31.5 Å². The molecule has 0 aliphatic carbocycles. The molecular formula is C17H28N4O3. The van der Waals surface area contributed by atoms with E-state index in [4.69, 9.17) is 4.74 Å². The number of aryl methyl sites for hydroxylation is 1. The summed E-state index contributed by atoms with van der Waals surface area (Å²) >= 11 is 0. The van der Waals surface area contributed by atoms with E-state index in [0.29, 0.717) is 26.0 Å². The molecule has 1 aromatic rings. The average Bonchev–Trinajstić information content (AvgIpc) is 3.00. The molecule has 1 unspecified atom stereocenters. The zero-order valence-corrected chi connectivity index (χ0v) is 14.9. The average molecular weight is 336 g/mol. The minimum absolute atomic E-state index is 0.113. The van der Waals surface area contributed by atoms with Crippen molar-refractivity contribution in [2.45, 2.75) is 45.1 Å². The van der Waals surface area contributed by atoms with Crippen molar-refractivity contribution >= 4 is 12.0 Å². The van der Waals surface area contributed by atoms with Crippen molar-refractivity contribution in [1.29, 1.82) is 0 Å². The van der Waals surface area contributed by atoms with Gasteiger partial charge in [0.15, 0.2) is 0 Å². The summed E-state index contributed by atoms with van der Waals surface area (Å²) in [5.74, 6) is 0.151. The Balaban J connectivity index is 1.88. The number of carbonyl (C=O) groups is 2. The minimum atomic E-state index is -0.337. The van der Waals surface area contributed by atoms with Crippen LogP contribution in [0.5, 0.6) is 0 Å². The minimum Gasteiger partial charge on any atom is -0.450 e. The van der Waals surface area contributed by atoms with Crippen LogP contribution in [0.3, 0.4) is 0 Å². The number of hydrogen-bond acceptors (Lipinski definition) is 4. The molecule has 1 aromatic heterocycles. The van der Waals surface area contributed by atoms with Gasteiger partial charge in [-0.15, -0.1) is 0 Å². The quantitative estimate of drug-likeness (QED) is 0.800. The van der Waals surface area contributed by atoms with Crippen LogP contribution in [-0.4, -0.2) is 58.3 Å². The monoisotopic (exact) mass is 336 g/mol. The van der Waals surface area contributed by atoms with Crippen LogP contribution in [0.25, 0.3) is 0 Å². The molecule has 0 bridgehead atoms. The van der Waals surface area contributed by atoms with Crippen LogP contribution in [0, 0.1) is 0 Å². The number of aromatic nitrogens is 2. The van der Waals surface area contributed by atoms with Gasteiger partial charge in [0.05, 0.1) is 18.3 Å². The van der Waals surface area contributed by atoms with Gasteiger partial charge in [-0.1, -0.05) is 0 Å². The topological polar surface area (TPSA) is 67.7 Å². The summed E-state index contributed by atoms with van der Waals surface area (Å²) in [6, 6.07) is 2.10. The summed E-state index contributed by atoms with van der Waals surface area (Å²) in [6.07, 6.45) is 5.68. The molecule has 0 aromatic carbocycles. The van der Waals surface area contributed by atoms with Gasteiger partial charge in [-0.3, -0.25) is 9.48 Å². The first-order chi connectivity index (χ1) is 11.5. The van der Waals surface area contributed by atoms with Crippen LogP contribution in [0.1, 0.15) is 50.8 Å². The van der Waals surface area contributed by atoms with Gasteiger partial charge in [-0.2, -0.15) is 5.10 Å². The van der Waals surface area contributed by atoms with Crippen molar-refractivity contribution in [2.24, 2.45) is 7.05 Å². The van der Waals surface area contributed by atoms with Crippen molar-refractivity contribution < 1.29 is 14.3 Å². The van der Waals surface area contributed by atoms with E-state index in [1.165, 1.54) is 4.90 Å². The highest BCUT2D eigenvalue weighted by Crippen LogP contribution is 2.31. The zero-order chi connectivity index (χ0) is 17.5. The number of hydrogen-bond donors (Lipinski definition) is 0. The zero-order valence-electron chi connectivity index (χ0n) is 14.9. The number of nitrogens with zero attached hydrogens (tertiary/aromatic N) is 4. The third-order valence-electron chi connectivity index (χ3n) is 4.49. The smallest absolute Gasteiger partial charge is 0.409 e. The second-order valence-corrected chi connectivity index (χ2v) is 6.20. The van der Waals surface area contributed by atoms with Crippen molar-refractivity contribution in [1.82, 2.24) is 19.6 Å². The summed E-state index contributed by atoms with van der Waals surface area (Å²) in [4.78, 5) is 27.7. The van der Waals surface area contributed by atoms with E-state index in [1.807, 2.05) is 22.7 Å². The molecule has 2 amide bonds. The van der Waals surface area contributed by atoms with Gasteiger partial charge in [0, 0.05) is 39.8 Å². The predicted molar refractivity (Wildman–Crippen MR) is 90.4 cm³/mol. The van der Waals surface area contributed by atoms with Crippen molar-refractivity contribution in [3.05, 3.63) is 18.0 Å². The Morgan fingerprint density at radius 2 is 2.21 bits per heavy atom. The molecular weight excluding hydrogens is 308 g/mol. The predicted octanol–water partition coefficient (Wildman–Crippen LogP) is 2.34. The third kappa shape index (κ3) is 4.49. The molecule has 0 N–H and O–H groups in total. The first kappa shape index (κ1) is 18.3. The number of likely N-dealkylation sites (tertiary alicyclic amines) is 1. The largest absolute Gasteiger partial charge is 0.450 e. The first-order valence-electron chi connectivity index (χ1n) is 8.69. The molecule has 0 saturated carbocycles. The number of piperidine rings is 1. The Hall–Kier alpha value is -2.05. The Labute approximate surface area is 143 Å². The van der Waals surface area contributed by atoms with Gasteiger partial charge >= 0.3 is 6.09 Å². The SMILES string of the molecule is CCOC(=O)N(C)CCCC(=O)N1CCCCC1c1ccnn1C. The Morgan fingerprint density at radius 3 is 2.88 bits per heavy atom. The van der Waals surface area contributed by atoms with E-state index in [2.05, 4.69) is 5.10 Å². The molecule has 1 fully saturated rings. The molecule has 2 rings (SSSR count). The van der Waals surface area contributed by atoms with E-state index < -0.39 is 0 Å². The lowest BCUT2D eigenvalue weighted by atomic mass is 9.98. The summed E-state index contributed by atoms with van der Waals surface area (Å²) in [5, 5.41) is 4.23. The molecule has 1 saturated heterocycles. The fourth-order valence-electron chi connectivity index (χ4n) is 3.18. The first-order valence-corrected chi connectivity index (χ1v) is 8.69. The standard InChI is InChI=1S/C17H28N4O3/c1-4-24-17(23)19(2)12-7-9-16(22)21-13-6-5-8-15(21)14-10-11-18-20(14)3/h10-11,15H,4-9,12-13H2,1-3H3. The fourth-order valence-corrected chi connectivity index (χ4v) is 3.18. The number of ether oxygens (including phenoxy) is 1. The normalized spacial score (nSPS) is 17.6. The maximum absolute atomic E-state index is 12.7. The summed E-state index contributed by atoms with van der Waals surface area (Å²) < 4.78 is 6.79. The molecule has 0 spiro atoms. The Kier molecular flexibility index (Phi) is 6.63. The summed E-state index contributed by atoms with van der Waals surface area (Å²) in [7, 11) is 3.61. The maximum atomic E-state index is 12.7. The highest BCUT2D eigenvalue weighted by atomic mass is 16.5. The van der Waals surface area contributed by atoms with E-state index in [-0.39, 0.29) is 18.0 Å². The summed E-state index contributed by atoms with van der Waals surface area (Å²) in [5.41, 5.74) is 1.09. The highest BCUT2D eigenvalue weighted by molar-refractivity contribution is 5.77. The molecule has 134 valence electrons. The molecule has 1 atom stereocenters. The Bertz CT molecular complexity index is 558. The van der Waals surface area contributed by atoms with Crippen LogP contribution in [-0.2, 0) is 16.6 Å². The number of rotatable bonds is 6. The van der Waals surface area contributed by atoms with Crippen LogP contribution in [0.15, 0.2) is 12.3 Å². The van der Waals surface area contributed by atoms with Gasteiger partial charge in [0.2, 0.25) is 5.91 Å². The van der Waals surface area contributed by atoms with Crippen LogP contribution < -0.4 is 0 Å². The lowest BCUT2D eigenvalue weighted by Crippen LogP contribution is -2.39. The van der Waals surface area contributed by atoms with Crippen molar-refractivity contribution in [3.8, 4) is 0 Å². The maximum Gasteiger partial charge on any atom is 0.409 e. The van der Waals surface area contributed by atoms with Crippen LogP contribution in [0.2, 0.25) is 0 Å². The molecule has 0 radical (unpaired) electrons. The van der Waals surface area contributed by atoms with Crippen LogP contribution in [0.4, 0.5) is 4.79 Å². The van der Waals surface area contributed by atoms with Crippen LogP contribution >= 0.6 is 0 Å². The van der Waals surface area contributed by atoms with E-state index in [9.17, 15) is 9.59 Å². The number of carbonyl (C=O) groups excluding carboxylic acids is 2. The summed E-state index contributed by atoms with van der Waals surface area (Å²) in [6.45, 7) is 3.46. The molecule has 7 nitrogen and oxygen atoms in total. The lowest BCUT2D eigenvalue weighted by molar-refractivity contribution is -0.135. The lowest BCUT2D eigenvalue weighted by Gasteiger charge is -2.36.